The van der Waals surface area contributed by atoms with Crippen LogP contribution in [-0.2, 0) is 4.74 Å². The van der Waals surface area contributed by atoms with E-state index in [0.717, 1.165) is 0 Å². The van der Waals surface area contributed by atoms with Crippen molar-refractivity contribution in [3.8, 4) is 11.6 Å². The maximum atomic E-state index is 13.6. The van der Waals surface area contributed by atoms with E-state index in [-0.39, 0.29) is 22.9 Å². The van der Waals surface area contributed by atoms with Crippen LogP contribution in [-0.4, -0.2) is 18.1 Å². The molecule has 0 saturated carbocycles. The Bertz CT molecular complexity index is 664. The largest absolute Gasteiger partial charge is 0.465 e. The highest BCUT2D eigenvalue weighted by atomic mass is 79.9. The number of nitrogen functional groups attached to an aromatic ring is 1. The summed E-state index contributed by atoms with van der Waals surface area (Å²) in [5, 5.41) is 0. The van der Waals surface area contributed by atoms with Crippen LogP contribution in [0.25, 0.3) is 0 Å². The summed E-state index contributed by atoms with van der Waals surface area (Å²) >= 11 is 3.20. The Balaban J connectivity index is 2.43. The van der Waals surface area contributed by atoms with Crippen LogP contribution < -0.4 is 10.5 Å². The lowest BCUT2D eigenvalue weighted by molar-refractivity contribution is 0.0597. The maximum absolute atomic E-state index is 13.6. The number of anilines is 1. The van der Waals surface area contributed by atoms with E-state index in [0.29, 0.717) is 4.47 Å². The molecule has 5 nitrogen and oxygen atoms in total. The zero-order valence-corrected chi connectivity index (χ0v) is 12.0. The van der Waals surface area contributed by atoms with Crippen molar-refractivity contribution in [2.24, 2.45) is 0 Å². The van der Waals surface area contributed by atoms with Crippen LogP contribution in [0.3, 0.4) is 0 Å². The van der Waals surface area contributed by atoms with E-state index in [1.54, 1.807) is 0 Å². The molecule has 0 atom stereocenters. The van der Waals surface area contributed by atoms with Crippen molar-refractivity contribution in [1.29, 1.82) is 0 Å². The summed E-state index contributed by atoms with van der Waals surface area (Å²) in [5.41, 5.74) is 5.85. The number of methoxy groups -OCH3 is 1. The molecule has 2 rings (SSSR count). The normalized spacial score (nSPS) is 10.2. The van der Waals surface area contributed by atoms with Gasteiger partial charge in [0.25, 0.3) is 0 Å². The Kier molecular flexibility index (Phi) is 4.19. The first-order valence-corrected chi connectivity index (χ1v) is 6.27. The number of carbonyl (C=O) groups excluding carboxylic acids is 1. The lowest BCUT2D eigenvalue weighted by atomic mass is 10.2. The minimum atomic E-state index is -0.671. The molecule has 1 heterocycles. The Labute approximate surface area is 122 Å². The van der Waals surface area contributed by atoms with Gasteiger partial charge in [-0.05, 0) is 24.3 Å². The minimum Gasteiger partial charge on any atom is -0.465 e. The fourth-order valence-corrected chi connectivity index (χ4v) is 1.81. The van der Waals surface area contributed by atoms with Crippen molar-refractivity contribution in [3.63, 3.8) is 0 Å². The third kappa shape index (κ3) is 3.05. The van der Waals surface area contributed by atoms with Crippen LogP contribution in [0.2, 0.25) is 0 Å². The first-order chi connectivity index (χ1) is 9.51. The number of esters is 1. The van der Waals surface area contributed by atoms with Gasteiger partial charge in [-0.3, -0.25) is 0 Å². The fourth-order valence-electron chi connectivity index (χ4n) is 1.47. The van der Waals surface area contributed by atoms with Crippen LogP contribution in [0.15, 0.2) is 34.9 Å². The van der Waals surface area contributed by atoms with Gasteiger partial charge in [0.2, 0.25) is 5.88 Å². The predicted molar refractivity (Wildman–Crippen MR) is 74.2 cm³/mol. The molecule has 0 aliphatic carbocycles. The molecule has 2 N–H and O–H groups in total. The summed E-state index contributed by atoms with van der Waals surface area (Å²) < 4.78 is 24.2. The molecule has 0 radical (unpaired) electrons. The third-order valence-corrected chi connectivity index (χ3v) is 2.87. The zero-order valence-electron chi connectivity index (χ0n) is 10.4. The van der Waals surface area contributed by atoms with Gasteiger partial charge < -0.3 is 15.2 Å². The summed E-state index contributed by atoms with van der Waals surface area (Å²) in [6, 6.07) is 5.53. The molecular formula is C13H10BrFN2O3. The van der Waals surface area contributed by atoms with Gasteiger partial charge in [0, 0.05) is 4.47 Å². The van der Waals surface area contributed by atoms with Crippen molar-refractivity contribution in [3.05, 3.63) is 46.3 Å². The minimum absolute atomic E-state index is 0.0203. The standard InChI is InChI=1S/C13H10BrFN2O3/c1-19-13(18)9-5-8(16)6-17-12(9)20-11-4-7(14)2-3-10(11)15/h2-6H,16H2,1H3. The van der Waals surface area contributed by atoms with Gasteiger partial charge in [-0.1, -0.05) is 15.9 Å². The number of nitrogens with two attached hydrogens (primary N) is 1. The average molecular weight is 341 g/mol. The highest BCUT2D eigenvalue weighted by Gasteiger charge is 2.17. The molecule has 1 aromatic carbocycles. The van der Waals surface area contributed by atoms with Crippen LogP contribution in [0.5, 0.6) is 11.6 Å². The summed E-state index contributed by atoms with van der Waals surface area (Å²) in [6.07, 6.45) is 1.30. The number of hydrogen-bond acceptors (Lipinski definition) is 5. The van der Waals surface area contributed by atoms with Gasteiger partial charge in [-0.15, -0.1) is 0 Å². The Morgan fingerprint density at radius 1 is 1.40 bits per heavy atom. The Morgan fingerprint density at radius 2 is 2.15 bits per heavy atom. The number of nitrogens with zero attached hydrogens (tertiary/aromatic N) is 1. The summed E-state index contributed by atoms with van der Waals surface area (Å²) in [7, 11) is 1.22. The molecule has 7 heteroatoms. The fraction of sp³-hybridized carbons (Fsp3) is 0.0769. The van der Waals surface area contributed by atoms with Gasteiger partial charge in [-0.2, -0.15) is 0 Å². The van der Waals surface area contributed by atoms with Crippen molar-refractivity contribution in [2.75, 3.05) is 12.8 Å². The second-order valence-electron chi connectivity index (χ2n) is 3.79. The second-order valence-corrected chi connectivity index (χ2v) is 4.71. The van der Waals surface area contributed by atoms with Crippen molar-refractivity contribution in [2.45, 2.75) is 0 Å². The Hall–Kier alpha value is -2.15. The highest BCUT2D eigenvalue weighted by molar-refractivity contribution is 9.10. The Morgan fingerprint density at radius 3 is 2.85 bits per heavy atom. The van der Waals surface area contributed by atoms with Gasteiger partial charge >= 0.3 is 5.97 Å². The van der Waals surface area contributed by atoms with Gasteiger partial charge in [0.05, 0.1) is 19.0 Å². The molecule has 104 valence electrons. The number of pyridine rings is 1. The molecule has 0 bridgehead atoms. The summed E-state index contributed by atoms with van der Waals surface area (Å²) in [6.45, 7) is 0. The van der Waals surface area contributed by atoms with E-state index < -0.39 is 11.8 Å². The molecule has 0 amide bonds. The maximum Gasteiger partial charge on any atom is 0.343 e. The number of aromatic nitrogens is 1. The quantitative estimate of drug-likeness (QED) is 0.868. The van der Waals surface area contributed by atoms with E-state index in [2.05, 4.69) is 25.7 Å². The van der Waals surface area contributed by atoms with E-state index >= 15 is 0 Å². The van der Waals surface area contributed by atoms with E-state index in [9.17, 15) is 9.18 Å². The number of halogens is 2. The molecule has 20 heavy (non-hydrogen) atoms. The lowest BCUT2D eigenvalue weighted by Crippen LogP contribution is -2.06. The smallest absolute Gasteiger partial charge is 0.343 e. The third-order valence-electron chi connectivity index (χ3n) is 2.38. The topological polar surface area (TPSA) is 74.4 Å². The average Bonchev–Trinajstić information content (AvgIpc) is 2.43. The number of rotatable bonds is 3. The van der Waals surface area contributed by atoms with Gasteiger partial charge in [-0.25, -0.2) is 14.2 Å². The molecule has 1 aromatic heterocycles. The molecule has 0 unspecified atom stereocenters. The SMILES string of the molecule is COC(=O)c1cc(N)cnc1Oc1cc(Br)ccc1F. The summed E-state index contributed by atoms with van der Waals surface area (Å²) in [4.78, 5) is 15.5. The highest BCUT2D eigenvalue weighted by Crippen LogP contribution is 2.29. The van der Waals surface area contributed by atoms with E-state index in [4.69, 9.17) is 10.5 Å². The monoisotopic (exact) mass is 340 g/mol. The van der Waals surface area contributed by atoms with Crippen molar-refractivity contribution < 1.29 is 18.7 Å². The van der Waals surface area contributed by atoms with Gasteiger partial charge in [0.15, 0.2) is 11.6 Å². The van der Waals surface area contributed by atoms with Crippen molar-refractivity contribution >= 4 is 27.6 Å². The number of carbonyl (C=O) groups is 1. The molecule has 2 aromatic rings. The second kappa shape index (κ2) is 5.87. The number of ether oxygens (including phenoxy) is 2. The van der Waals surface area contributed by atoms with Crippen molar-refractivity contribution in [1.82, 2.24) is 4.98 Å². The molecule has 0 spiro atoms. The number of hydrogen-bond donors (Lipinski definition) is 1. The van der Waals surface area contributed by atoms with Crippen LogP contribution in [0, 0.1) is 5.82 Å². The molecule has 0 saturated heterocycles. The molecule has 0 aliphatic heterocycles. The first kappa shape index (κ1) is 14.3. The lowest BCUT2D eigenvalue weighted by Gasteiger charge is -2.10. The predicted octanol–water partition coefficient (Wildman–Crippen LogP) is 3.14. The summed E-state index contributed by atoms with van der Waals surface area (Å²) in [5.74, 6) is -1.40. The van der Waals surface area contributed by atoms with E-state index in [1.165, 1.54) is 37.6 Å². The van der Waals surface area contributed by atoms with Crippen LogP contribution >= 0.6 is 15.9 Å². The molecular weight excluding hydrogens is 331 g/mol. The number of benzene rings is 1. The molecule has 0 aliphatic rings. The zero-order chi connectivity index (χ0) is 14.7. The first-order valence-electron chi connectivity index (χ1n) is 5.48. The van der Waals surface area contributed by atoms with E-state index in [1.807, 2.05) is 0 Å². The van der Waals surface area contributed by atoms with Crippen LogP contribution in [0.1, 0.15) is 10.4 Å². The molecule has 0 fully saturated rings. The van der Waals surface area contributed by atoms with Crippen LogP contribution in [0.4, 0.5) is 10.1 Å². The van der Waals surface area contributed by atoms with Gasteiger partial charge in [0.1, 0.15) is 5.56 Å².